The fraction of sp³-hybridized carbons (Fsp3) is 0.368. The lowest BCUT2D eigenvalue weighted by Crippen LogP contribution is -2.74. The fourth-order valence-corrected chi connectivity index (χ4v) is 5.38. The summed E-state index contributed by atoms with van der Waals surface area (Å²) < 4.78 is 32.9. The highest BCUT2D eigenvalue weighted by Gasteiger charge is 2.54. The summed E-state index contributed by atoms with van der Waals surface area (Å²) in [5.41, 5.74) is 4.87. The number of hydrogen-bond acceptors (Lipinski definition) is 12. The average Bonchev–Trinajstić information content (AvgIpc) is 3.23. The molecule has 16 nitrogen and oxygen atoms in total. The van der Waals surface area contributed by atoms with E-state index in [1.807, 2.05) is 4.90 Å². The highest BCUT2D eigenvalue weighted by atomic mass is 32.2. The van der Waals surface area contributed by atoms with Crippen LogP contribution in [0.3, 0.4) is 0 Å². The van der Waals surface area contributed by atoms with Crippen LogP contribution in [0.2, 0.25) is 0 Å². The SMILES string of the molecule is N=C(C(=O)NC1C(=O)N(S(=O)(=O)O)C1CNC(=O)C1CN(Cc2cc(=O)c(O)c[nH]2)C1)c1csc(N)n1. The van der Waals surface area contributed by atoms with Gasteiger partial charge in [0.2, 0.25) is 11.3 Å². The molecule has 0 saturated carbocycles. The molecule has 2 saturated heterocycles. The molecule has 2 atom stereocenters. The first-order valence-corrected chi connectivity index (χ1v) is 12.9. The van der Waals surface area contributed by atoms with Crippen LogP contribution in [0.1, 0.15) is 11.4 Å². The van der Waals surface area contributed by atoms with E-state index < -0.39 is 69.5 Å². The Hall–Kier alpha value is -3.87. The molecule has 2 aromatic rings. The second-order valence-electron chi connectivity index (χ2n) is 8.42. The molecule has 0 aromatic carbocycles. The number of nitrogens with two attached hydrogens (primary N) is 1. The van der Waals surface area contributed by atoms with Crippen molar-refractivity contribution in [1.29, 1.82) is 5.41 Å². The molecular formula is C19H22N8O8S2. The van der Waals surface area contributed by atoms with Crippen LogP contribution in [0.15, 0.2) is 22.4 Å². The first kappa shape index (κ1) is 26.2. The van der Waals surface area contributed by atoms with Gasteiger partial charge in [-0.15, -0.1) is 11.3 Å². The lowest BCUT2D eigenvalue weighted by atomic mass is 9.96. The largest absolute Gasteiger partial charge is 0.503 e. The number of rotatable bonds is 9. The number of hydrogen-bond donors (Lipinski definition) is 7. The van der Waals surface area contributed by atoms with Crippen LogP contribution < -0.4 is 21.8 Å². The predicted octanol–water partition coefficient (Wildman–Crippen LogP) is -2.77. The van der Waals surface area contributed by atoms with E-state index in [1.165, 1.54) is 17.6 Å². The van der Waals surface area contributed by atoms with E-state index in [0.29, 0.717) is 25.3 Å². The summed E-state index contributed by atoms with van der Waals surface area (Å²) >= 11 is 0.998. The predicted molar refractivity (Wildman–Crippen MR) is 128 cm³/mol. The molecule has 37 heavy (non-hydrogen) atoms. The van der Waals surface area contributed by atoms with E-state index in [9.17, 15) is 37.3 Å². The summed E-state index contributed by atoms with van der Waals surface area (Å²) in [5.74, 6) is -3.46. The number of anilines is 1. The molecule has 8 N–H and O–H groups in total. The number of amides is 3. The van der Waals surface area contributed by atoms with Crippen molar-refractivity contribution in [1.82, 2.24) is 29.8 Å². The van der Waals surface area contributed by atoms with Crippen LogP contribution in [0.25, 0.3) is 0 Å². The highest BCUT2D eigenvalue weighted by Crippen LogP contribution is 2.24. The van der Waals surface area contributed by atoms with E-state index in [0.717, 1.165) is 11.3 Å². The molecule has 2 aliphatic rings. The lowest BCUT2D eigenvalue weighted by molar-refractivity contribution is -0.145. The second-order valence-corrected chi connectivity index (χ2v) is 10.6. The Labute approximate surface area is 212 Å². The quantitative estimate of drug-likeness (QED) is 0.0949. The first-order valence-electron chi connectivity index (χ1n) is 10.7. The summed E-state index contributed by atoms with van der Waals surface area (Å²) in [4.78, 5) is 57.2. The number of nitrogen functional groups attached to an aromatic ring is 1. The van der Waals surface area contributed by atoms with Gasteiger partial charge in [0.1, 0.15) is 17.4 Å². The molecule has 2 aliphatic heterocycles. The molecule has 2 fully saturated rings. The van der Waals surface area contributed by atoms with Crippen LogP contribution in [0.4, 0.5) is 5.13 Å². The summed E-state index contributed by atoms with van der Waals surface area (Å²) in [5, 5.41) is 23.4. The van der Waals surface area contributed by atoms with E-state index in [-0.39, 0.29) is 15.1 Å². The van der Waals surface area contributed by atoms with Gasteiger partial charge < -0.3 is 26.5 Å². The zero-order chi connectivity index (χ0) is 27.1. The highest BCUT2D eigenvalue weighted by molar-refractivity contribution is 7.84. The molecule has 4 rings (SSSR count). The van der Waals surface area contributed by atoms with Gasteiger partial charge in [0, 0.05) is 49.5 Å². The molecule has 0 radical (unpaired) electrons. The number of likely N-dealkylation sites (tertiary alicyclic amines) is 1. The monoisotopic (exact) mass is 554 g/mol. The minimum atomic E-state index is -4.97. The Bertz CT molecular complexity index is 1430. The fourth-order valence-electron chi connectivity index (χ4n) is 3.95. The van der Waals surface area contributed by atoms with Crippen molar-refractivity contribution in [2.24, 2.45) is 5.92 Å². The van der Waals surface area contributed by atoms with Gasteiger partial charge in [-0.3, -0.25) is 34.0 Å². The summed E-state index contributed by atoms with van der Waals surface area (Å²) in [6, 6.07) is -1.49. The maximum absolute atomic E-state index is 12.5. The summed E-state index contributed by atoms with van der Waals surface area (Å²) in [6.45, 7) is 0.592. The van der Waals surface area contributed by atoms with Gasteiger partial charge in [-0.25, -0.2) is 9.29 Å². The van der Waals surface area contributed by atoms with Crippen LogP contribution in [0.5, 0.6) is 5.75 Å². The van der Waals surface area contributed by atoms with Crippen molar-refractivity contribution >= 4 is 50.2 Å². The van der Waals surface area contributed by atoms with Crippen LogP contribution in [0, 0.1) is 11.3 Å². The van der Waals surface area contributed by atoms with Gasteiger partial charge in [-0.2, -0.15) is 8.42 Å². The third kappa shape index (κ3) is 5.45. The van der Waals surface area contributed by atoms with Gasteiger partial charge >= 0.3 is 10.3 Å². The Morgan fingerprint density at radius 2 is 2.03 bits per heavy atom. The van der Waals surface area contributed by atoms with Gasteiger partial charge in [-0.1, -0.05) is 0 Å². The van der Waals surface area contributed by atoms with Crippen molar-refractivity contribution in [3.05, 3.63) is 39.3 Å². The third-order valence-electron chi connectivity index (χ3n) is 5.87. The van der Waals surface area contributed by atoms with Gasteiger partial charge in [0.05, 0.1) is 12.0 Å². The average molecular weight is 555 g/mol. The number of aromatic amines is 1. The second kappa shape index (κ2) is 9.88. The number of carbonyl (C=O) groups excluding carboxylic acids is 3. The molecule has 0 aliphatic carbocycles. The van der Waals surface area contributed by atoms with E-state index >= 15 is 0 Å². The number of carbonyl (C=O) groups is 3. The number of pyridine rings is 1. The number of H-pyrrole nitrogens is 1. The molecule has 3 amide bonds. The summed E-state index contributed by atoms with van der Waals surface area (Å²) in [7, 11) is -4.97. The Morgan fingerprint density at radius 3 is 2.62 bits per heavy atom. The zero-order valence-electron chi connectivity index (χ0n) is 18.9. The van der Waals surface area contributed by atoms with E-state index in [4.69, 9.17) is 11.1 Å². The number of β-lactam (4-membered cyclic amide) rings is 1. The van der Waals surface area contributed by atoms with Crippen LogP contribution in [-0.2, 0) is 31.2 Å². The van der Waals surface area contributed by atoms with Crippen LogP contribution in [-0.4, -0.2) is 92.4 Å². The molecule has 4 heterocycles. The van der Waals surface area contributed by atoms with Crippen molar-refractivity contribution < 1.29 is 32.5 Å². The third-order valence-corrected chi connectivity index (χ3v) is 7.49. The Kier molecular flexibility index (Phi) is 7.00. The number of thiazole rings is 1. The van der Waals surface area contributed by atoms with Crippen molar-refractivity contribution in [3.63, 3.8) is 0 Å². The molecule has 198 valence electrons. The lowest BCUT2D eigenvalue weighted by Gasteiger charge is -2.44. The minimum absolute atomic E-state index is 0.0332. The normalized spacial score (nSPS) is 20.1. The topological polar surface area (TPSA) is 252 Å². The van der Waals surface area contributed by atoms with Crippen molar-refractivity contribution in [3.8, 4) is 5.75 Å². The minimum Gasteiger partial charge on any atom is -0.503 e. The van der Waals surface area contributed by atoms with Gasteiger partial charge in [0.15, 0.2) is 10.9 Å². The standard InChI is InChI=1S/C19H22N8O8S2/c20-14(10-7-36-19(21)24-10)17(31)25-15-11(27(18(15)32)37(33,34)35)2-23-16(30)8-4-26(5-8)6-9-1-12(28)13(29)3-22-9/h1,3,7-8,11,15,20,29H,2,4-6H2,(H2,21,24)(H,22,28)(H,23,30)(H,25,31)(H,33,34,35). The molecular weight excluding hydrogens is 532 g/mol. The molecule has 0 spiro atoms. The Balaban J connectivity index is 1.32. The van der Waals surface area contributed by atoms with E-state index in [2.05, 4.69) is 20.6 Å². The number of nitrogens with one attached hydrogen (secondary N) is 4. The van der Waals surface area contributed by atoms with Gasteiger partial charge in [0.25, 0.3) is 11.8 Å². The number of aromatic nitrogens is 2. The zero-order valence-corrected chi connectivity index (χ0v) is 20.5. The van der Waals surface area contributed by atoms with Crippen molar-refractivity contribution in [2.45, 2.75) is 18.6 Å². The molecule has 0 bridgehead atoms. The maximum atomic E-state index is 12.5. The smallest absolute Gasteiger partial charge is 0.362 e. The first-order chi connectivity index (χ1) is 17.3. The van der Waals surface area contributed by atoms with Crippen LogP contribution >= 0.6 is 11.3 Å². The molecule has 2 aromatic heterocycles. The number of nitrogens with zero attached hydrogens (tertiary/aromatic N) is 3. The van der Waals surface area contributed by atoms with E-state index in [1.54, 1.807) is 0 Å². The maximum Gasteiger partial charge on any atom is 0.362 e. The van der Waals surface area contributed by atoms with Gasteiger partial charge in [-0.05, 0) is 0 Å². The Morgan fingerprint density at radius 1 is 1.32 bits per heavy atom. The summed E-state index contributed by atoms with van der Waals surface area (Å²) in [6.07, 6.45) is 1.17. The van der Waals surface area contributed by atoms with Crippen molar-refractivity contribution in [2.75, 3.05) is 25.4 Å². The molecule has 2 unspecified atom stereocenters. The molecule has 18 heteroatoms. The number of aromatic hydroxyl groups is 1.